The SMILES string of the molecule is Cc1ccc(NC(=O)Cc2nnc(-c3ccc4ncccc4c3)o2)cc1F. The zero-order valence-corrected chi connectivity index (χ0v) is 14.4. The van der Waals surface area contributed by atoms with E-state index in [4.69, 9.17) is 4.42 Å². The Morgan fingerprint density at radius 1 is 1.15 bits per heavy atom. The minimum absolute atomic E-state index is 0.0996. The lowest BCUT2D eigenvalue weighted by Gasteiger charge is -2.04. The molecule has 0 saturated carbocycles. The molecule has 0 aliphatic heterocycles. The molecule has 1 N–H and O–H groups in total. The van der Waals surface area contributed by atoms with Crippen molar-refractivity contribution in [1.82, 2.24) is 15.2 Å². The molecule has 1 amide bonds. The Labute approximate surface area is 154 Å². The summed E-state index contributed by atoms with van der Waals surface area (Å²) in [6, 6.07) is 13.9. The molecule has 2 aromatic carbocycles. The molecule has 2 heterocycles. The van der Waals surface area contributed by atoms with Crippen LogP contribution in [0.15, 0.2) is 59.1 Å². The quantitative estimate of drug-likeness (QED) is 0.595. The third-order valence-corrected chi connectivity index (χ3v) is 4.08. The number of hydrogen-bond acceptors (Lipinski definition) is 5. The molecule has 0 unspecified atom stereocenters. The second-order valence-electron chi connectivity index (χ2n) is 6.10. The highest BCUT2D eigenvalue weighted by Crippen LogP contribution is 2.22. The second-order valence-corrected chi connectivity index (χ2v) is 6.10. The summed E-state index contributed by atoms with van der Waals surface area (Å²) in [6.07, 6.45) is 1.63. The van der Waals surface area contributed by atoms with Gasteiger partial charge in [0.1, 0.15) is 12.2 Å². The number of fused-ring (bicyclic) bond motifs is 1. The lowest BCUT2D eigenvalue weighted by atomic mass is 10.1. The molecule has 134 valence electrons. The first-order chi connectivity index (χ1) is 13.1. The van der Waals surface area contributed by atoms with Crippen LogP contribution in [0.3, 0.4) is 0 Å². The van der Waals surface area contributed by atoms with Crippen molar-refractivity contribution in [2.45, 2.75) is 13.3 Å². The Balaban J connectivity index is 1.48. The molecule has 0 saturated heterocycles. The fraction of sp³-hybridized carbons (Fsp3) is 0.100. The van der Waals surface area contributed by atoms with Crippen LogP contribution in [-0.4, -0.2) is 21.1 Å². The summed E-state index contributed by atoms with van der Waals surface area (Å²) in [5.74, 6) is -0.235. The fourth-order valence-electron chi connectivity index (χ4n) is 2.66. The largest absolute Gasteiger partial charge is 0.420 e. The first-order valence-corrected chi connectivity index (χ1v) is 8.32. The number of benzene rings is 2. The van der Waals surface area contributed by atoms with Crippen LogP contribution >= 0.6 is 0 Å². The number of carbonyl (C=O) groups excluding carboxylic acids is 1. The van der Waals surface area contributed by atoms with Crippen molar-refractivity contribution in [2.24, 2.45) is 0 Å². The molecule has 2 aromatic heterocycles. The maximum absolute atomic E-state index is 13.6. The van der Waals surface area contributed by atoms with E-state index in [0.29, 0.717) is 17.1 Å². The van der Waals surface area contributed by atoms with Crippen LogP contribution in [0.4, 0.5) is 10.1 Å². The number of rotatable bonds is 4. The van der Waals surface area contributed by atoms with E-state index in [1.54, 1.807) is 25.3 Å². The molecule has 6 nitrogen and oxygen atoms in total. The zero-order valence-electron chi connectivity index (χ0n) is 14.4. The summed E-state index contributed by atoms with van der Waals surface area (Å²) >= 11 is 0. The van der Waals surface area contributed by atoms with Crippen molar-refractivity contribution in [3.8, 4) is 11.5 Å². The first-order valence-electron chi connectivity index (χ1n) is 8.32. The number of aromatic nitrogens is 3. The van der Waals surface area contributed by atoms with E-state index in [1.165, 1.54) is 6.07 Å². The third kappa shape index (κ3) is 3.67. The highest BCUT2D eigenvalue weighted by Gasteiger charge is 2.13. The van der Waals surface area contributed by atoms with Gasteiger partial charge in [0, 0.05) is 22.8 Å². The van der Waals surface area contributed by atoms with E-state index in [1.807, 2.05) is 30.3 Å². The van der Waals surface area contributed by atoms with Gasteiger partial charge in [-0.1, -0.05) is 12.1 Å². The van der Waals surface area contributed by atoms with E-state index < -0.39 is 0 Å². The maximum atomic E-state index is 13.6. The van der Waals surface area contributed by atoms with Gasteiger partial charge < -0.3 is 9.73 Å². The minimum atomic E-state index is -0.376. The number of hydrogen-bond donors (Lipinski definition) is 1. The number of pyridine rings is 1. The maximum Gasteiger partial charge on any atom is 0.247 e. The summed E-state index contributed by atoms with van der Waals surface area (Å²) in [4.78, 5) is 16.4. The fourth-order valence-corrected chi connectivity index (χ4v) is 2.66. The monoisotopic (exact) mass is 362 g/mol. The van der Waals surface area contributed by atoms with Crippen molar-refractivity contribution in [1.29, 1.82) is 0 Å². The van der Waals surface area contributed by atoms with Crippen molar-refractivity contribution >= 4 is 22.5 Å². The molecule has 0 aliphatic rings. The normalized spacial score (nSPS) is 10.9. The Morgan fingerprint density at radius 2 is 2.04 bits per heavy atom. The zero-order chi connectivity index (χ0) is 18.8. The van der Waals surface area contributed by atoms with Gasteiger partial charge in [-0.3, -0.25) is 9.78 Å². The molecule has 0 radical (unpaired) electrons. The van der Waals surface area contributed by atoms with Crippen LogP contribution in [0.25, 0.3) is 22.4 Å². The predicted molar refractivity (Wildman–Crippen MR) is 98.5 cm³/mol. The molecule has 4 rings (SSSR count). The van der Waals surface area contributed by atoms with Crippen molar-refractivity contribution in [2.75, 3.05) is 5.32 Å². The molecule has 7 heteroatoms. The van der Waals surface area contributed by atoms with E-state index in [9.17, 15) is 9.18 Å². The van der Waals surface area contributed by atoms with Crippen LogP contribution in [-0.2, 0) is 11.2 Å². The van der Waals surface area contributed by atoms with Gasteiger partial charge in [0.15, 0.2) is 0 Å². The Hall–Kier alpha value is -3.61. The topological polar surface area (TPSA) is 80.9 Å². The van der Waals surface area contributed by atoms with Gasteiger partial charge >= 0.3 is 0 Å². The van der Waals surface area contributed by atoms with E-state index in [-0.39, 0.29) is 24.0 Å². The molecule has 4 aromatic rings. The van der Waals surface area contributed by atoms with Gasteiger partial charge in [-0.2, -0.15) is 0 Å². The van der Waals surface area contributed by atoms with Gasteiger partial charge in [-0.25, -0.2) is 4.39 Å². The van der Waals surface area contributed by atoms with Gasteiger partial charge in [-0.05, 0) is 48.9 Å². The summed E-state index contributed by atoms with van der Waals surface area (Å²) in [5, 5.41) is 11.5. The molecular weight excluding hydrogens is 347 g/mol. The molecule has 0 aliphatic carbocycles. The summed E-state index contributed by atoms with van der Waals surface area (Å²) in [5.41, 5.74) is 2.51. The average Bonchev–Trinajstić information content (AvgIpc) is 3.12. The van der Waals surface area contributed by atoms with Crippen LogP contribution < -0.4 is 5.32 Å². The Bertz CT molecular complexity index is 1140. The van der Waals surface area contributed by atoms with Gasteiger partial charge in [0.2, 0.25) is 17.7 Å². The minimum Gasteiger partial charge on any atom is -0.420 e. The molecule has 27 heavy (non-hydrogen) atoms. The van der Waals surface area contributed by atoms with Crippen molar-refractivity contribution < 1.29 is 13.6 Å². The second kappa shape index (κ2) is 6.95. The number of nitrogens with zero attached hydrogens (tertiary/aromatic N) is 3. The standard InChI is InChI=1S/C20H15FN4O2/c1-12-4-6-15(10-16(12)21)23-18(26)11-19-24-25-20(27-19)14-5-7-17-13(9-14)3-2-8-22-17/h2-10H,11H2,1H3,(H,23,26). The predicted octanol–water partition coefficient (Wildman–Crippen LogP) is 3.91. The van der Waals surface area contributed by atoms with Gasteiger partial charge in [0.25, 0.3) is 0 Å². The molecule has 0 bridgehead atoms. The number of amides is 1. The highest BCUT2D eigenvalue weighted by molar-refractivity contribution is 5.91. The van der Waals surface area contributed by atoms with E-state index in [2.05, 4.69) is 20.5 Å². The van der Waals surface area contributed by atoms with Crippen LogP contribution in [0.1, 0.15) is 11.5 Å². The molecular formula is C20H15FN4O2. The van der Waals surface area contributed by atoms with Crippen LogP contribution in [0.5, 0.6) is 0 Å². The number of anilines is 1. The Kier molecular flexibility index (Phi) is 4.33. The number of nitrogens with one attached hydrogen (secondary N) is 1. The molecule has 0 fully saturated rings. The number of aryl methyl sites for hydroxylation is 1. The first kappa shape index (κ1) is 16.8. The summed E-state index contributed by atoms with van der Waals surface area (Å²) in [7, 11) is 0. The van der Waals surface area contributed by atoms with Gasteiger partial charge in [0.05, 0.1) is 5.52 Å². The van der Waals surface area contributed by atoms with Gasteiger partial charge in [-0.15, -0.1) is 10.2 Å². The molecule has 0 spiro atoms. The van der Waals surface area contributed by atoms with Crippen molar-refractivity contribution in [3.63, 3.8) is 0 Å². The Morgan fingerprint density at radius 3 is 2.89 bits per heavy atom. The van der Waals surface area contributed by atoms with Crippen molar-refractivity contribution in [3.05, 3.63) is 72.0 Å². The van der Waals surface area contributed by atoms with E-state index in [0.717, 1.165) is 16.5 Å². The third-order valence-electron chi connectivity index (χ3n) is 4.08. The highest BCUT2D eigenvalue weighted by atomic mass is 19.1. The molecule has 0 atom stereocenters. The lowest BCUT2D eigenvalue weighted by molar-refractivity contribution is -0.115. The van der Waals surface area contributed by atoms with E-state index >= 15 is 0 Å². The smallest absolute Gasteiger partial charge is 0.247 e. The van der Waals surface area contributed by atoms with Crippen LogP contribution in [0, 0.1) is 12.7 Å². The number of carbonyl (C=O) groups is 1. The summed E-state index contributed by atoms with van der Waals surface area (Å²) in [6.45, 7) is 1.66. The summed E-state index contributed by atoms with van der Waals surface area (Å²) < 4.78 is 19.2. The lowest BCUT2D eigenvalue weighted by Crippen LogP contribution is -2.14. The van der Waals surface area contributed by atoms with Crippen LogP contribution in [0.2, 0.25) is 0 Å². The average molecular weight is 362 g/mol. The number of halogens is 1.